The summed E-state index contributed by atoms with van der Waals surface area (Å²) in [5.74, 6) is -2.14. The Morgan fingerprint density at radius 2 is 1.58 bits per heavy atom. The summed E-state index contributed by atoms with van der Waals surface area (Å²) in [5.41, 5.74) is 0. The molecule has 0 aromatic rings. The molecular weight excluding hydrogens is 380 g/mol. The second-order valence-electron chi connectivity index (χ2n) is 6.74. The molecule has 0 saturated heterocycles. The second kappa shape index (κ2) is 11.5. The van der Waals surface area contributed by atoms with Crippen LogP contribution in [0.1, 0.15) is 48.0 Å². The van der Waals surface area contributed by atoms with Crippen molar-refractivity contribution >= 4 is 47.4 Å². The van der Waals surface area contributed by atoms with Crippen LogP contribution < -0.4 is 0 Å². The largest absolute Gasteiger partial charge is 0.463 e. The van der Waals surface area contributed by atoms with Gasteiger partial charge in [0.2, 0.25) is 6.79 Å². The standard InChI is InChI=1S/C17H28O7S2/c1-10(2)14(19)22-9-23-16(21)26-17(5,6)13(18)7-12(8-25)15(20)24-11(3)4/h10-12,25H,7-9H2,1-6H3/t12-/m0/s1. The number of ether oxygens (including phenoxy) is 3. The van der Waals surface area contributed by atoms with Crippen LogP contribution >= 0.6 is 24.4 Å². The number of thiol groups is 1. The molecule has 150 valence electrons. The lowest BCUT2D eigenvalue weighted by atomic mass is 9.97. The zero-order valence-electron chi connectivity index (χ0n) is 16.1. The highest BCUT2D eigenvalue weighted by atomic mass is 32.2. The van der Waals surface area contributed by atoms with Gasteiger partial charge in [-0.3, -0.25) is 14.4 Å². The third-order valence-electron chi connectivity index (χ3n) is 3.20. The van der Waals surface area contributed by atoms with Gasteiger partial charge in [0.15, 0.2) is 0 Å². The van der Waals surface area contributed by atoms with E-state index in [-0.39, 0.29) is 30.0 Å². The zero-order valence-corrected chi connectivity index (χ0v) is 17.8. The summed E-state index contributed by atoms with van der Waals surface area (Å²) in [6.45, 7) is 9.36. The Bertz CT molecular complexity index is 515. The van der Waals surface area contributed by atoms with Gasteiger partial charge in [0.05, 0.1) is 22.7 Å². The lowest BCUT2D eigenvalue weighted by Gasteiger charge is -2.23. The molecule has 0 aromatic carbocycles. The van der Waals surface area contributed by atoms with Crippen molar-refractivity contribution < 1.29 is 33.4 Å². The van der Waals surface area contributed by atoms with E-state index in [1.165, 1.54) is 0 Å². The summed E-state index contributed by atoms with van der Waals surface area (Å²) in [6.07, 6.45) is -0.379. The van der Waals surface area contributed by atoms with Crippen LogP contribution in [0.2, 0.25) is 0 Å². The van der Waals surface area contributed by atoms with Crippen LogP contribution in [-0.4, -0.2) is 46.4 Å². The average Bonchev–Trinajstić information content (AvgIpc) is 2.50. The van der Waals surface area contributed by atoms with Crippen molar-refractivity contribution in [1.29, 1.82) is 0 Å². The average molecular weight is 409 g/mol. The molecule has 1 atom stereocenters. The van der Waals surface area contributed by atoms with Crippen molar-refractivity contribution in [2.45, 2.75) is 58.8 Å². The third kappa shape index (κ3) is 9.47. The van der Waals surface area contributed by atoms with Crippen molar-refractivity contribution in [3.05, 3.63) is 0 Å². The molecule has 0 spiro atoms. The Labute approximate surface area is 164 Å². The Hall–Kier alpha value is -1.22. The fraction of sp³-hybridized carbons (Fsp3) is 0.765. The van der Waals surface area contributed by atoms with E-state index in [1.807, 2.05) is 0 Å². The van der Waals surface area contributed by atoms with Crippen LogP contribution in [0.5, 0.6) is 0 Å². The first kappa shape index (κ1) is 24.8. The summed E-state index contributed by atoms with van der Waals surface area (Å²) in [5, 5.41) is -0.743. The predicted molar refractivity (Wildman–Crippen MR) is 102 cm³/mol. The fourth-order valence-electron chi connectivity index (χ4n) is 1.62. The molecule has 0 rings (SSSR count). The smallest absolute Gasteiger partial charge is 0.371 e. The number of thioether (sulfide) groups is 1. The molecular formula is C17H28O7S2. The van der Waals surface area contributed by atoms with E-state index in [0.717, 1.165) is 0 Å². The first-order valence-electron chi connectivity index (χ1n) is 8.27. The summed E-state index contributed by atoms with van der Waals surface area (Å²) in [6, 6.07) is 0. The Morgan fingerprint density at radius 1 is 1.00 bits per heavy atom. The van der Waals surface area contributed by atoms with E-state index < -0.39 is 34.7 Å². The number of carbonyl (C=O) groups is 4. The highest BCUT2D eigenvalue weighted by molar-refractivity contribution is 8.15. The fourth-order valence-corrected chi connectivity index (χ4v) is 2.62. The SMILES string of the molecule is CC(C)OC(=O)[C@H](CS)CC(=O)C(C)(C)SC(=O)OCOC(=O)C(C)C. The predicted octanol–water partition coefficient (Wildman–Crippen LogP) is 3.25. The van der Waals surface area contributed by atoms with Crippen LogP contribution in [0.4, 0.5) is 4.79 Å². The summed E-state index contributed by atoms with van der Waals surface area (Å²) < 4.78 is 13.5. The number of hydrogen-bond donors (Lipinski definition) is 1. The molecule has 0 heterocycles. The zero-order chi connectivity index (χ0) is 20.5. The molecule has 0 fully saturated rings. The Kier molecular flexibility index (Phi) is 10.9. The van der Waals surface area contributed by atoms with Crippen molar-refractivity contribution in [3.63, 3.8) is 0 Å². The summed E-state index contributed by atoms with van der Waals surface area (Å²) >= 11 is 4.77. The molecule has 9 heteroatoms. The molecule has 0 radical (unpaired) electrons. The molecule has 0 aliphatic rings. The van der Waals surface area contributed by atoms with Crippen molar-refractivity contribution in [2.24, 2.45) is 11.8 Å². The van der Waals surface area contributed by atoms with Crippen LogP contribution in [-0.2, 0) is 28.6 Å². The van der Waals surface area contributed by atoms with Gasteiger partial charge in [0.1, 0.15) is 5.78 Å². The quantitative estimate of drug-likeness (QED) is 0.334. The molecule has 26 heavy (non-hydrogen) atoms. The van der Waals surface area contributed by atoms with Crippen molar-refractivity contribution in [1.82, 2.24) is 0 Å². The molecule has 0 N–H and O–H groups in total. The topological polar surface area (TPSA) is 96.0 Å². The molecule has 0 aliphatic carbocycles. The van der Waals surface area contributed by atoms with Gasteiger partial charge >= 0.3 is 17.2 Å². The van der Waals surface area contributed by atoms with Gasteiger partial charge in [-0.15, -0.1) is 0 Å². The molecule has 0 saturated carbocycles. The van der Waals surface area contributed by atoms with E-state index in [2.05, 4.69) is 12.6 Å². The van der Waals surface area contributed by atoms with E-state index in [9.17, 15) is 19.2 Å². The van der Waals surface area contributed by atoms with Crippen LogP contribution in [0.15, 0.2) is 0 Å². The van der Waals surface area contributed by atoms with Gasteiger partial charge in [-0.1, -0.05) is 13.8 Å². The second-order valence-corrected chi connectivity index (χ2v) is 8.66. The minimum Gasteiger partial charge on any atom is -0.463 e. The number of esters is 2. The van der Waals surface area contributed by atoms with E-state index in [1.54, 1.807) is 41.5 Å². The lowest BCUT2D eigenvalue weighted by Crippen LogP contribution is -2.34. The minimum absolute atomic E-state index is 0.0926. The molecule has 0 aromatic heterocycles. The Balaban J connectivity index is 4.58. The normalized spacial score (nSPS) is 12.7. The summed E-state index contributed by atoms with van der Waals surface area (Å²) in [4.78, 5) is 47.6. The monoisotopic (exact) mass is 408 g/mol. The highest BCUT2D eigenvalue weighted by Gasteiger charge is 2.35. The number of ketones is 1. The minimum atomic E-state index is -1.11. The van der Waals surface area contributed by atoms with Gasteiger partial charge in [0.25, 0.3) is 0 Å². The van der Waals surface area contributed by atoms with E-state index >= 15 is 0 Å². The van der Waals surface area contributed by atoms with Crippen LogP contribution in [0, 0.1) is 11.8 Å². The maximum absolute atomic E-state index is 12.5. The van der Waals surface area contributed by atoms with Crippen molar-refractivity contribution in [3.8, 4) is 0 Å². The molecule has 0 aliphatic heterocycles. The molecule has 0 amide bonds. The summed E-state index contributed by atoms with van der Waals surface area (Å²) in [7, 11) is 0. The van der Waals surface area contributed by atoms with Gasteiger partial charge in [-0.25, -0.2) is 4.79 Å². The maximum Gasteiger partial charge on any atom is 0.371 e. The first-order valence-corrected chi connectivity index (χ1v) is 9.72. The maximum atomic E-state index is 12.5. The van der Waals surface area contributed by atoms with Gasteiger partial charge in [-0.2, -0.15) is 12.6 Å². The number of rotatable bonds is 10. The highest BCUT2D eigenvalue weighted by Crippen LogP contribution is 2.30. The van der Waals surface area contributed by atoms with Crippen LogP contribution in [0.25, 0.3) is 0 Å². The van der Waals surface area contributed by atoms with Gasteiger partial charge in [0, 0.05) is 12.2 Å². The molecule has 7 nitrogen and oxygen atoms in total. The number of carbonyl (C=O) groups excluding carboxylic acids is 4. The van der Waals surface area contributed by atoms with E-state index in [4.69, 9.17) is 14.2 Å². The third-order valence-corrected chi connectivity index (χ3v) is 4.66. The number of Topliss-reactive ketones (excluding diaryl/α,β-unsaturated/α-hetero) is 1. The first-order chi connectivity index (χ1) is 11.9. The molecule has 0 unspecified atom stereocenters. The molecule has 0 bridgehead atoms. The number of hydrogen-bond acceptors (Lipinski definition) is 9. The van der Waals surface area contributed by atoms with Gasteiger partial charge < -0.3 is 14.2 Å². The lowest BCUT2D eigenvalue weighted by molar-refractivity contribution is -0.155. The van der Waals surface area contributed by atoms with Crippen molar-refractivity contribution in [2.75, 3.05) is 12.5 Å². The van der Waals surface area contributed by atoms with Crippen LogP contribution in [0.3, 0.4) is 0 Å². The van der Waals surface area contributed by atoms with E-state index in [0.29, 0.717) is 11.8 Å². The van der Waals surface area contributed by atoms with Gasteiger partial charge in [-0.05, 0) is 39.5 Å². The Morgan fingerprint density at radius 3 is 2.04 bits per heavy atom.